The number of nitrogens with one attached hydrogen (secondary N) is 1. The van der Waals surface area contributed by atoms with E-state index in [0.29, 0.717) is 22.3 Å². The van der Waals surface area contributed by atoms with Gasteiger partial charge >= 0.3 is 5.97 Å². The number of carboxylic acid groups (broad SMARTS) is 1. The quantitative estimate of drug-likeness (QED) is 0.422. The van der Waals surface area contributed by atoms with Gasteiger partial charge in [0.2, 0.25) is 5.82 Å². The molecule has 0 aliphatic heterocycles. The second kappa shape index (κ2) is 8.79. The molecule has 0 bridgehead atoms. The molecule has 4 aromatic rings. The molecule has 0 atom stereocenters. The highest BCUT2D eigenvalue weighted by Crippen LogP contribution is 2.33. The Kier molecular flexibility index (Phi) is 5.88. The van der Waals surface area contributed by atoms with Gasteiger partial charge in [-0.2, -0.15) is 5.21 Å². The van der Waals surface area contributed by atoms with Crippen LogP contribution in [0.5, 0.6) is 5.75 Å². The average molecular weight is 468 g/mol. The molecule has 4 rings (SSSR count). The van der Waals surface area contributed by atoms with Crippen LogP contribution >= 0.6 is 0 Å². The Labute approximate surface area is 187 Å². The van der Waals surface area contributed by atoms with Crippen LogP contribution in [0, 0.1) is 5.82 Å². The second-order valence-corrected chi connectivity index (χ2v) is 9.01. The molecule has 0 amide bonds. The highest BCUT2D eigenvalue weighted by molar-refractivity contribution is 7.90. The molecular formula is C22H17FN4O5S. The Bertz CT molecular complexity index is 1440. The summed E-state index contributed by atoms with van der Waals surface area (Å²) < 4.78 is 45.9. The minimum atomic E-state index is -4.08. The molecule has 168 valence electrons. The van der Waals surface area contributed by atoms with Gasteiger partial charge in [0.05, 0.1) is 18.4 Å². The Hall–Kier alpha value is -4.12. The van der Waals surface area contributed by atoms with Gasteiger partial charge in [0.25, 0.3) is 0 Å². The van der Waals surface area contributed by atoms with Crippen molar-refractivity contribution in [3.8, 4) is 28.3 Å². The number of nitrogens with zero attached hydrogens (tertiary/aromatic N) is 3. The maximum absolute atomic E-state index is 13.9. The van der Waals surface area contributed by atoms with Gasteiger partial charge < -0.3 is 9.84 Å². The van der Waals surface area contributed by atoms with Crippen LogP contribution in [0.4, 0.5) is 4.39 Å². The predicted octanol–water partition coefficient (Wildman–Crippen LogP) is 3.35. The van der Waals surface area contributed by atoms with Crippen LogP contribution in [0.25, 0.3) is 22.5 Å². The SMILES string of the molecule is COc1ccc(C(=O)O)cc1S(=O)(=O)Cc1cc(-c2nn[nH]n2)ccc1-c1cccc(F)c1. The maximum Gasteiger partial charge on any atom is 0.335 e. The average Bonchev–Trinajstić information content (AvgIpc) is 3.33. The number of sulfone groups is 1. The summed E-state index contributed by atoms with van der Waals surface area (Å²) in [6.07, 6.45) is 0. The molecule has 0 unspecified atom stereocenters. The summed E-state index contributed by atoms with van der Waals surface area (Å²) in [6, 6.07) is 14.3. The van der Waals surface area contributed by atoms with Crippen LogP contribution < -0.4 is 4.74 Å². The zero-order valence-corrected chi connectivity index (χ0v) is 18.0. The minimum Gasteiger partial charge on any atom is -0.495 e. The third-order valence-corrected chi connectivity index (χ3v) is 6.62. The zero-order valence-electron chi connectivity index (χ0n) is 17.2. The smallest absolute Gasteiger partial charge is 0.335 e. The summed E-state index contributed by atoms with van der Waals surface area (Å²) in [7, 11) is -2.79. The lowest BCUT2D eigenvalue weighted by Crippen LogP contribution is -2.10. The molecule has 33 heavy (non-hydrogen) atoms. The monoisotopic (exact) mass is 468 g/mol. The first-order valence-corrected chi connectivity index (χ1v) is 11.2. The van der Waals surface area contributed by atoms with Gasteiger partial charge in [-0.3, -0.25) is 0 Å². The van der Waals surface area contributed by atoms with E-state index in [9.17, 15) is 22.7 Å². The van der Waals surface area contributed by atoms with Gasteiger partial charge in [-0.1, -0.05) is 24.3 Å². The maximum atomic E-state index is 13.9. The summed E-state index contributed by atoms with van der Waals surface area (Å²) in [5.41, 5.74) is 1.61. The highest BCUT2D eigenvalue weighted by Gasteiger charge is 2.24. The van der Waals surface area contributed by atoms with E-state index >= 15 is 0 Å². The van der Waals surface area contributed by atoms with Crippen molar-refractivity contribution in [2.24, 2.45) is 0 Å². The zero-order chi connectivity index (χ0) is 23.6. The third-order valence-electron chi connectivity index (χ3n) is 4.94. The first kappa shape index (κ1) is 22.1. The summed E-state index contributed by atoms with van der Waals surface area (Å²) in [5, 5.41) is 23.0. The van der Waals surface area contributed by atoms with E-state index in [1.54, 1.807) is 24.3 Å². The summed E-state index contributed by atoms with van der Waals surface area (Å²) >= 11 is 0. The van der Waals surface area contributed by atoms with E-state index in [1.165, 1.54) is 37.4 Å². The molecule has 11 heteroatoms. The Morgan fingerprint density at radius 1 is 1.09 bits per heavy atom. The first-order chi connectivity index (χ1) is 15.8. The normalized spacial score (nSPS) is 11.3. The first-order valence-electron chi connectivity index (χ1n) is 9.55. The van der Waals surface area contributed by atoms with Crippen molar-refractivity contribution in [1.82, 2.24) is 20.6 Å². The summed E-state index contributed by atoms with van der Waals surface area (Å²) in [4.78, 5) is 11.1. The lowest BCUT2D eigenvalue weighted by Gasteiger charge is -2.14. The molecule has 1 aromatic heterocycles. The van der Waals surface area contributed by atoms with Crippen molar-refractivity contribution < 1.29 is 27.4 Å². The number of H-pyrrole nitrogens is 1. The molecule has 0 radical (unpaired) electrons. The summed E-state index contributed by atoms with van der Waals surface area (Å²) in [5.74, 6) is -1.98. The number of carboxylic acids is 1. The molecule has 0 fully saturated rings. The Morgan fingerprint density at radius 3 is 2.58 bits per heavy atom. The number of halogens is 1. The van der Waals surface area contributed by atoms with Gasteiger partial charge in [-0.25, -0.2) is 17.6 Å². The lowest BCUT2D eigenvalue weighted by molar-refractivity contribution is 0.0696. The van der Waals surface area contributed by atoms with Crippen LogP contribution in [-0.2, 0) is 15.6 Å². The van der Waals surface area contributed by atoms with E-state index < -0.39 is 27.4 Å². The van der Waals surface area contributed by atoms with E-state index in [4.69, 9.17) is 4.74 Å². The van der Waals surface area contributed by atoms with Gasteiger partial charge in [0.1, 0.15) is 16.5 Å². The molecule has 0 spiro atoms. The molecule has 0 aliphatic carbocycles. The number of ether oxygens (including phenoxy) is 1. The minimum absolute atomic E-state index is 0.0154. The molecule has 0 saturated carbocycles. The third kappa shape index (κ3) is 4.58. The molecule has 1 heterocycles. The largest absolute Gasteiger partial charge is 0.495 e. The lowest BCUT2D eigenvalue weighted by atomic mass is 9.98. The second-order valence-electron chi connectivity index (χ2n) is 7.05. The Balaban J connectivity index is 1.86. The number of aromatic nitrogens is 4. The molecule has 0 aliphatic rings. The number of aromatic amines is 1. The number of hydrogen-bond donors (Lipinski definition) is 2. The number of methoxy groups -OCH3 is 1. The van der Waals surface area contributed by atoms with Crippen molar-refractivity contribution in [2.75, 3.05) is 7.11 Å². The van der Waals surface area contributed by atoms with Crippen molar-refractivity contribution in [2.45, 2.75) is 10.6 Å². The van der Waals surface area contributed by atoms with E-state index in [0.717, 1.165) is 6.07 Å². The fourth-order valence-corrected chi connectivity index (χ4v) is 4.98. The van der Waals surface area contributed by atoms with E-state index in [-0.39, 0.29) is 22.0 Å². The van der Waals surface area contributed by atoms with Crippen molar-refractivity contribution in [1.29, 1.82) is 0 Å². The van der Waals surface area contributed by atoms with E-state index in [1.807, 2.05) is 0 Å². The van der Waals surface area contributed by atoms with Crippen molar-refractivity contribution in [3.05, 3.63) is 77.6 Å². The fraction of sp³-hybridized carbons (Fsp3) is 0.0909. The van der Waals surface area contributed by atoms with Gasteiger partial charge in [0.15, 0.2) is 9.84 Å². The van der Waals surface area contributed by atoms with Gasteiger partial charge in [-0.15, -0.1) is 10.2 Å². The van der Waals surface area contributed by atoms with Crippen LogP contribution in [0.1, 0.15) is 15.9 Å². The molecule has 0 saturated heterocycles. The van der Waals surface area contributed by atoms with Crippen molar-refractivity contribution in [3.63, 3.8) is 0 Å². The fourth-order valence-electron chi connectivity index (χ4n) is 3.41. The standard InChI is InChI=1S/C22H17FN4O5S/c1-32-19-8-6-15(22(28)29)11-20(19)33(30,31)12-16-9-14(21-24-26-27-25-21)5-7-18(16)13-3-2-4-17(23)10-13/h2-11H,12H2,1H3,(H,28,29)(H,24,25,26,27). The molecule has 2 N–H and O–H groups in total. The number of benzene rings is 3. The van der Waals surface area contributed by atoms with Crippen LogP contribution in [0.2, 0.25) is 0 Å². The number of tetrazole rings is 1. The van der Waals surface area contributed by atoms with Gasteiger partial charge in [0, 0.05) is 5.56 Å². The van der Waals surface area contributed by atoms with Crippen molar-refractivity contribution >= 4 is 15.8 Å². The molecule has 3 aromatic carbocycles. The number of aromatic carboxylic acids is 1. The Morgan fingerprint density at radius 2 is 1.91 bits per heavy atom. The number of hydrogen-bond acceptors (Lipinski definition) is 7. The summed E-state index contributed by atoms with van der Waals surface area (Å²) in [6.45, 7) is 0. The number of rotatable bonds is 7. The number of carbonyl (C=O) groups is 1. The highest BCUT2D eigenvalue weighted by atomic mass is 32.2. The topological polar surface area (TPSA) is 135 Å². The van der Waals surface area contributed by atoms with Gasteiger partial charge in [-0.05, 0) is 58.3 Å². The van der Waals surface area contributed by atoms with Crippen LogP contribution in [0.3, 0.4) is 0 Å². The van der Waals surface area contributed by atoms with Crippen LogP contribution in [-0.4, -0.2) is 47.2 Å². The van der Waals surface area contributed by atoms with E-state index in [2.05, 4.69) is 20.6 Å². The molecule has 9 nitrogen and oxygen atoms in total. The van der Waals surface area contributed by atoms with Crippen LogP contribution in [0.15, 0.2) is 65.6 Å². The molecular weight excluding hydrogens is 451 g/mol. The predicted molar refractivity (Wildman–Crippen MR) is 116 cm³/mol.